The van der Waals surface area contributed by atoms with Crippen LogP contribution in [-0.4, -0.2) is 47.1 Å². The van der Waals surface area contributed by atoms with E-state index in [1.54, 1.807) is 18.7 Å². The summed E-state index contributed by atoms with van der Waals surface area (Å²) in [4.78, 5) is 19.2. The zero-order valence-corrected chi connectivity index (χ0v) is 14.8. The third-order valence-corrected chi connectivity index (χ3v) is 5.33. The molecule has 2 aromatic rings. The third kappa shape index (κ3) is 3.97. The molecule has 1 amide bonds. The van der Waals surface area contributed by atoms with Gasteiger partial charge in [0.2, 0.25) is 5.91 Å². The van der Waals surface area contributed by atoms with Gasteiger partial charge < -0.3 is 14.5 Å². The molecule has 2 saturated heterocycles. The van der Waals surface area contributed by atoms with E-state index >= 15 is 0 Å². The van der Waals surface area contributed by atoms with Crippen LogP contribution in [0, 0.1) is 0 Å². The number of carbonyl (C=O) groups is 1. The van der Waals surface area contributed by atoms with E-state index in [9.17, 15) is 4.79 Å². The maximum Gasteiger partial charge on any atom is 0.249 e. The third-order valence-electron chi connectivity index (χ3n) is 5.33. The van der Waals surface area contributed by atoms with Crippen LogP contribution in [0.5, 0.6) is 0 Å². The summed E-state index contributed by atoms with van der Waals surface area (Å²) in [6, 6.07) is 8.24. The molecule has 0 aromatic carbocycles. The molecule has 2 fully saturated rings. The Bertz CT molecular complexity index is 704. The van der Waals surface area contributed by atoms with E-state index in [2.05, 4.69) is 15.2 Å². The second kappa shape index (κ2) is 8.01. The number of likely N-dealkylation sites (tertiary alicyclic amines) is 1. The predicted octanol–water partition coefficient (Wildman–Crippen LogP) is 2.16. The summed E-state index contributed by atoms with van der Waals surface area (Å²) in [7, 11) is 0. The molecule has 2 aromatic heterocycles. The number of aromatic nitrogens is 1. The van der Waals surface area contributed by atoms with Gasteiger partial charge in [-0.2, -0.15) is 0 Å². The van der Waals surface area contributed by atoms with Gasteiger partial charge in [0.25, 0.3) is 0 Å². The molecule has 2 aliphatic rings. The van der Waals surface area contributed by atoms with Crippen LogP contribution in [0.3, 0.4) is 0 Å². The summed E-state index contributed by atoms with van der Waals surface area (Å²) >= 11 is 0. The van der Waals surface area contributed by atoms with E-state index in [0.29, 0.717) is 12.6 Å². The Kier molecular flexibility index (Phi) is 5.32. The van der Waals surface area contributed by atoms with Gasteiger partial charge in [0.15, 0.2) is 0 Å². The van der Waals surface area contributed by atoms with Crippen molar-refractivity contribution in [3.05, 3.63) is 54.2 Å². The quantitative estimate of drug-likeness (QED) is 0.860. The number of hydrogen-bond donors (Lipinski definition) is 1. The minimum absolute atomic E-state index is 0.00710. The summed E-state index contributed by atoms with van der Waals surface area (Å²) in [5.41, 5.74) is 2.18. The van der Waals surface area contributed by atoms with Gasteiger partial charge in [0.1, 0.15) is 6.10 Å². The number of rotatable bonds is 6. The SMILES string of the molecule is O=C(NCCc1ccccn1)[C@@H]1CC[C@@H]2[C@@H](CCN2Cc2ccoc2)O1. The Hall–Kier alpha value is -2.18. The van der Waals surface area contributed by atoms with Gasteiger partial charge in [-0.1, -0.05) is 6.07 Å². The Labute approximate surface area is 153 Å². The summed E-state index contributed by atoms with van der Waals surface area (Å²) in [5.74, 6) is 0.00710. The van der Waals surface area contributed by atoms with Gasteiger partial charge in [0.05, 0.1) is 18.6 Å². The Morgan fingerprint density at radius 2 is 2.23 bits per heavy atom. The molecule has 0 aliphatic carbocycles. The van der Waals surface area contributed by atoms with E-state index in [-0.39, 0.29) is 18.1 Å². The van der Waals surface area contributed by atoms with Gasteiger partial charge in [0, 0.05) is 49.6 Å². The lowest BCUT2D eigenvalue weighted by molar-refractivity contribution is -0.143. The Morgan fingerprint density at radius 3 is 3.04 bits per heavy atom. The Balaban J connectivity index is 1.24. The van der Waals surface area contributed by atoms with Crippen molar-refractivity contribution in [2.24, 2.45) is 0 Å². The van der Waals surface area contributed by atoms with Crippen LogP contribution >= 0.6 is 0 Å². The predicted molar refractivity (Wildman–Crippen MR) is 96.4 cm³/mol. The second-order valence-electron chi connectivity index (χ2n) is 7.06. The summed E-state index contributed by atoms with van der Waals surface area (Å²) in [5, 5.41) is 3.00. The molecule has 2 aliphatic heterocycles. The fourth-order valence-electron chi connectivity index (χ4n) is 3.99. The molecule has 0 radical (unpaired) electrons. The molecule has 4 rings (SSSR count). The van der Waals surface area contributed by atoms with Gasteiger partial charge >= 0.3 is 0 Å². The molecule has 0 bridgehead atoms. The second-order valence-corrected chi connectivity index (χ2v) is 7.06. The van der Waals surface area contributed by atoms with Crippen LogP contribution in [-0.2, 0) is 22.5 Å². The summed E-state index contributed by atoms with van der Waals surface area (Å²) in [6.45, 7) is 2.49. The highest BCUT2D eigenvalue weighted by atomic mass is 16.5. The van der Waals surface area contributed by atoms with Crippen LogP contribution < -0.4 is 5.32 Å². The molecule has 0 unspecified atom stereocenters. The molecule has 0 saturated carbocycles. The molecule has 26 heavy (non-hydrogen) atoms. The van der Waals surface area contributed by atoms with Gasteiger partial charge in [-0.25, -0.2) is 0 Å². The topological polar surface area (TPSA) is 67.6 Å². The van der Waals surface area contributed by atoms with Crippen molar-refractivity contribution in [3.8, 4) is 0 Å². The molecule has 6 heteroatoms. The van der Waals surface area contributed by atoms with Gasteiger partial charge in [-0.3, -0.25) is 14.7 Å². The number of fused-ring (bicyclic) bond motifs is 1. The zero-order chi connectivity index (χ0) is 17.8. The van der Waals surface area contributed by atoms with Crippen molar-refractivity contribution in [2.75, 3.05) is 13.1 Å². The number of pyridine rings is 1. The average molecular weight is 355 g/mol. The fourth-order valence-corrected chi connectivity index (χ4v) is 3.99. The highest BCUT2D eigenvalue weighted by Crippen LogP contribution is 2.32. The first-order chi connectivity index (χ1) is 12.8. The molecular formula is C20H25N3O3. The van der Waals surface area contributed by atoms with E-state index in [0.717, 1.165) is 44.5 Å². The van der Waals surface area contributed by atoms with Crippen LogP contribution in [0.4, 0.5) is 0 Å². The number of ether oxygens (including phenoxy) is 1. The maximum atomic E-state index is 12.4. The molecule has 138 valence electrons. The first-order valence-corrected chi connectivity index (χ1v) is 9.38. The average Bonchev–Trinajstić information content (AvgIpc) is 3.33. The number of amides is 1. The molecule has 0 spiro atoms. The van der Waals surface area contributed by atoms with E-state index < -0.39 is 0 Å². The van der Waals surface area contributed by atoms with Crippen LogP contribution in [0.2, 0.25) is 0 Å². The number of furan rings is 1. The summed E-state index contributed by atoms with van der Waals surface area (Å²) in [6.07, 6.45) is 8.62. The van der Waals surface area contributed by atoms with Crippen molar-refractivity contribution in [2.45, 2.75) is 50.5 Å². The number of nitrogens with zero attached hydrogens (tertiary/aromatic N) is 2. The minimum Gasteiger partial charge on any atom is -0.472 e. The zero-order valence-electron chi connectivity index (χ0n) is 14.8. The summed E-state index contributed by atoms with van der Waals surface area (Å²) < 4.78 is 11.3. The van der Waals surface area contributed by atoms with Crippen molar-refractivity contribution in [1.82, 2.24) is 15.2 Å². The van der Waals surface area contributed by atoms with Crippen molar-refractivity contribution in [1.29, 1.82) is 0 Å². The van der Waals surface area contributed by atoms with Crippen LogP contribution in [0.15, 0.2) is 47.4 Å². The monoisotopic (exact) mass is 355 g/mol. The van der Waals surface area contributed by atoms with E-state index in [1.807, 2.05) is 24.3 Å². The van der Waals surface area contributed by atoms with Crippen molar-refractivity contribution >= 4 is 5.91 Å². The highest BCUT2D eigenvalue weighted by Gasteiger charge is 2.41. The molecule has 1 N–H and O–H groups in total. The van der Waals surface area contributed by atoms with Crippen molar-refractivity contribution < 1.29 is 13.9 Å². The smallest absolute Gasteiger partial charge is 0.249 e. The highest BCUT2D eigenvalue weighted by molar-refractivity contribution is 5.80. The maximum absolute atomic E-state index is 12.4. The van der Waals surface area contributed by atoms with E-state index in [4.69, 9.17) is 9.15 Å². The first kappa shape index (κ1) is 17.2. The Morgan fingerprint density at radius 1 is 1.27 bits per heavy atom. The number of nitrogens with one attached hydrogen (secondary N) is 1. The largest absolute Gasteiger partial charge is 0.472 e. The molecule has 4 heterocycles. The number of carbonyl (C=O) groups excluding carboxylic acids is 1. The normalized spacial score (nSPS) is 25.8. The lowest BCUT2D eigenvalue weighted by atomic mass is 9.98. The lowest BCUT2D eigenvalue weighted by Gasteiger charge is -2.35. The van der Waals surface area contributed by atoms with Crippen LogP contribution in [0.1, 0.15) is 30.5 Å². The molecular weight excluding hydrogens is 330 g/mol. The first-order valence-electron chi connectivity index (χ1n) is 9.38. The minimum atomic E-state index is -0.325. The van der Waals surface area contributed by atoms with Crippen molar-refractivity contribution in [3.63, 3.8) is 0 Å². The fraction of sp³-hybridized carbons (Fsp3) is 0.500. The van der Waals surface area contributed by atoms with Gasteiger partial charge in [-0.15, -0.1) is 0 Å². The molecule has 3 atom stereocenters. The van der Waals surface area contributed by atoms with Crippen LogP contribution in [0.25, 0.3) is 0 Å². The standard InChI is InChI=1S/C20H25N3O3/c24-20(22-10-6-16-3-1-2-9-21-16)19-5-4-17-18(26-19)7-11-23(17)13-15-8-12-25-14-15/h1-3,8-9,12,14,17-19H,4-7,10-11,13H2,(H,22,24)/t17-,18-,19+/m1/s1. The number of hydrogen-bond acceptors (Lipinski definition) is 5. The lowest BCUT2D eigenvalue weighted by Crippen LogP contribution is -2.47. The molecule has 6 nitrogen and oxygen atoms in total. The van der Waals surface area contributed by atoms with Gasteiger partial charge in [-0.05, 0) is 37.5 Å². The van der Waals surface area contributed by atoms with E-state index in [1.165, 1.54) is 5.56 Å².